The van der Waals surface area contributed by atoms with E-state index in [2.05, 4.69) is 4.99 Å². The Morgan fingerprint density at radius 3 is 2.08 bits per heavy atom. The lowest BCUT2D eigenvalue weighted by atomic mass is 10.1. The fraction of sp³-hybridized carbons (Fsp3) is 0. The molecule has 4 nitrogen and oxygen atoms in total. The van der Waals surface area contributed by atoms with Gasteiger partial charge in [-0.1, -0.05) is 54.6 Å². The second kappa shape index (κ2) is 6.17. The van der Waals surface area contributed by atoms with E-state index in [0.717, 1.165) is 0 Å². The van der Waals surface area contributed by atoms with Gasteiger partial charge in [0.1, 0.15) is 5.71 Å². The molecule has 0 aromatic heterocycles. The van der Waals surface area contributed by atoms with Crippen LogP contribution in [0.1, 0.15) is 15.9 Å². The summed E-state index contributed by atoms with van der Waals surface area (Å²) in [7, 11) is 0. The third kappa shape index (κ3) is 2.64. The number of hydrogen-bond acceptors (Lipinski definition) is 3. The summed E-state index contributed by atoms with van der Waals surface area (Å²) < 4.78 is 0. The minimum absolute atomic E-state index is 0.283. The average Bonchev–Trinajstić information content (AvgIpc) is 2.95. The number of imide groups is 1. The van der Waals surface area contributed by atoms with Crippen molar-refractivity contribution in [2.24, 2.45) is 4.99 Å². The molecule has 4 rings (SSSR count). The molecule has 120 valence electrons. The molecule has 1 aliphatic rings. The first-order chi connectivity index (χ1) is 12.3. The van der Waals surface area contributed by atoms with Crippen LogP contribution in [0.3, 0.4) is 0 Å². The monoisotopic (exact) mass is 326 g/mol. The van der Waals surface area contributed by atoms with Gasteiger partial charge in [-0.05, 0) is 30.3 Å². The minimum Gasteiger partial charge on any atom is -0.268 e. The molecule has 0 atom stereocenters. The van der Waals surface area contributed by atoms with Crippen molar-refractivity contribution in [1.82, 2.24) is 0 Å². The molecule has 1 aliphatic heterocycles. The summed E-state index contributed by atoms with van der Waals surface area (Å²) in [4.78, 5) is 31.5. The molecular weight excluding hydrogens is 312 g/mol. The number of carbonyl (C=O) groups excluding carboxylic acids is 2. The highest BCUT2D eigenvalue weighted by atomic mass is 16.2. The summed E-state index contributed by atoms with van der Waals surface area (Å²) >= 11 is 0. The molecule has 0 saturated heterocycles. The first-order valence-corrected chi connectivity index (χ1v) is 7.92. The molecule has 0 aliphatic carbocycles. The van der Waals surface area contributed by atoms with Crippen molar-refractivity contribution in [3.05, 3.63) is 96.1 Å². The van der Waals surface area contributed by atoms with Gasteiger partial charge in [0.2, 0.25) is 0 Å². The average molecular weight is 326 g/mol. The molecule has 0 radical (unpaired) electrons. The Morgan fingerprint density at radius 2 is 1.36 bits per heavy atom. The molecule has 0 spiro atoms. The number of benzene rings is 3. The van der Waals surface area contributed by atoms with Gasteiger partial charge >= 0.3 is 0 Å². The Kier molecular flexibility index (Phi) is 3.71. The van der Waals surface area contributed by atoms with E-state index in [1.54, 1.807) is 30.3 Å². The zero-order chi connectivity index (χ0) is 17.2. The maximum Gasteiger partial charge on any atom is 0.284 e. The standard InChI is InChI=1S/C21H14N2O2/c24-20(15-9-3-1-4-10-15)23-18-14-8-7-13-17(18)19(21(23)25)22-16-11-5-2-6-12-16/h1-14H. The van der Waals surface area contributed by atoms with Crippen LogP contribution in [-0.4, -0.2) is 17.5 Å². The highest BCUT2D eigenvalue weighted by Gasteiger charge is 2.38. The van der Waals surface area contributed by atoms with Crippen LogP contribution >= 0.6 is 0 Å². The lowest BCUT2D eigenvalue weighted by molar-refractivity contribution is -0.111. The van der Waals surface area contributed by atoms with Crippen LogP contribution in [0, 0.1) is 0 Å². The van der Waals surface area contributed by atoms with E-state index in [1.807, 2.05) is 54.6 Å². The normalized spacial score (nSPS) is 14.6. The van der Waals surface area contributed by atoms with Crippen molar-refractivity contribution in [3.63, 3.8) is 0 Å². The quantitative estimate of drug-likeness (QED) is 0.669. The second-order valence-corrected chi connectivity index (χ2v) is 5.62. The van der Waals surface area contributed by atoms with Gasteiger partial charge in [-0.15, -0.1) is 0 Å². The molecular formula is C21H14N2O2. The third-order valence-corrected chi connectivity index (χ3v) is 4.03. The number of nitrogens with zero attached hydrogens (tertiary/aromatic N) is 2. The van der Waals surface area contributed by atoms with Crippen LogP contribution in [0.2, 0.25) is 0 Å². The number of fused-ring (bicyclic) bond motifs is 1. The fourth-order valence-electron chi connectivity index (χ4n) is 2.85. The van der Waals surface area contributed by atoms with Crippen molar-refractivity contribution >= 4 is 28.9 Å². The van der Waals surface area contributed by atoms with Crippen LogP contribution < -0.4 is 4.90 Å². The molecule has 0 N–H and O–H groups in total. The number of aliphatic imine (C=N–C) groups is 1. The minimum atomic E-state index is -0.404. The third-order valence-electron chi connectivity index (χ3n) is 4.03. The van der Waals surface area contributed by atoms with E-state index in [1.165, 1.54) is 4.90 Å². The lowest BCUT2D eigenvalue weighted by Crippen LogP contribution is -2.36. The molecule has 0 fully saturated rings. The van der Waals surface area contributed by atoms with E-state index < -0.39 is 5.91 Å². The highest BCUT2D eigenvalue weighted by Crippen LogP contribution is 2.31. The molecule has 0 saturated carbocycles. The van der Waals surface area contributed by atoms with Gasteiger partial charge in [-0.25, -0.2) is 9.89 Å². The van der Waals surface area contributed by atoms with E-state index in [-0.39, 0.29) is 11.6 Å². The number of hydrogen-bond donors (Lipinski definition) is 0. The van der Waals surface area contributed by atoms with Crippen molar-refractivity contribution in [2.75, 3.05) is 4.90 Å². The van der Waals surface area contributed by atoms with Crippen LogP contribution in [0.25, 0.3) is 0 Å². The Hall–Kier alpha value is -3.53. The van der Waals surface area contributed by atoms with Gasteiger partial charge in [-0.3, -0.25) is 9.59 Å². The first-order valence-electron chi connectivity index (χ1n) is 7.92. The topological polar surface area (TPSA) is 49.7 Å². The summed E-state index contributed by atoms with van der Waals surface area (Å²) in [6.07, 6.45) is 0. The Bertz CT molecular complexity index is 979. The number of amides is 2. The number of para-hydroxylation sites is 2. The van der Waals surface area contributed by atoms with Crippen LogP contribution in [0.4, 0.5) is 11.4 Å². The fourth-order valence-corrected chi connectivity index (χ4v) is 2.85. The molecule has 2 amide bonds. The Balaban J connectivity index is 1.82. The molecule has 0 unspecified atom stereocenters. The van der Waals surface area contributed by atoms with Gasteiger partial charge in [0.25, 0.3) is 11.8 Å². The van der Waals surface area contributed by atoms with E-state index in [4.69, 9.17) is 0 Å². The largest absolute Gasteiger partial charge is 0.284 e. The summed E-state index contributed by atoms with van der Waals surface area (Å²) in [5, 5.41) is 0. The van der Waals surface area contributed by atoms with Crippen molar-refractivity contribution in [2.45, 2.75) is 0 Å². The zero-order valence-corrected chi connectivity index (χ0v) is 13.3. The van der Waals surface area contributed by atoms with Crippen LogP contribution in [0.5, 0.6) is 0 Å². The van der Waals surface area contributed by atoms with E-state index in [0.29, 0.717) is 22.5 Å². The van der Waals surface area contributed by atoms with Crippen molar-refractivity contribution < 1.29 is 9.59 Å². The highest BCUT2D eigenvalue weighted by molar-refractivity contribution is 6.59. The first kappa shape index (κ1) is 15.0. The van der Waals surface area contributed by atoms with Crippen LogP contribution in [-0.2, 0) is 4.79 Å². The van der Waals surface area contributed by atoms with Crippen molar-refractivity contribution in [1.29, 1.82) is 0 Å². The molecule has 3 aromatic carbocycles. The van der Waals surface area contributed by atoms with Gasteiger partial charge in [-0.2, -0.15) is 0 Å². The molecule has 1 heterocycles. The Labute approximate surface area is 145 Å². The summed E-state index contributed by atoms with van der Waals surface area (Å²) in [6, 6.07) is 25.3. The molecule has 4 heteroatoms. The lowest BCUT2D eigenvalue weighted by Gasteiger charge is -2.14. The molecule has 0 bridgehead atoms. The summed E-state index contributed by atoms with van der Waals surface area (Å²) in [5.41, 5.74) is 2.66. The number of rotatable bonds is 2. The zero-order valence-electron chi connectivity index (χ0n) is 13.3. The smallest absolute Gasteiger partial charge is 0.268 e. The molecule has 25 heavy (non-hydrogen) atoms. The van der Waals surface area contributed by atoms with Gasteiger partial charge in [0, 0.05) is 11.1 Å². The SMILES string of the molecule is O=C1C(=Nc2ccccc2)c2ccccc2N1C(=O)c1ccccc1. The summed E-state index contributed by atoms with van der Waals surface area (Å²) in [5.74, 6) is -0.754. The van der Waals surface area contributed by atoms with Crippen LogP contribution in [0.15, 0.2) is 89.9 Å². The predicted octanol–water partition coefficient (Wildman–Crippen LogP) is 3.99. The van der Waals surface area contributed by atoms with Gasteiger partial charge < -0.3 is 0 Å². The van der Waals surface area contributed by atoms with E-state index in [9.17, 15) is 9.59 Å². The predicted molar refractivity (Wildman–Crippen MR) is 97.3 cm³/mol. The molecule has 3 aromatic rings. The second-order valence-electron chi connectivity index (χ2n) is 5.62. The van der Waals surface area contributed by atoms with Gasteiger partial charge in [0.05, 0.1) is 11.4 Å². The van der Waals surface area contributed by atoms with Gasteiger partial charge in [0.15, 0.2) is 0 Å². The maximum absolute atomic E-state index is 13.0. The van der Waals surface area contributed by atoms with Crippen molar-refractivity contribution in [3.8, 4) is 0 Å². The Morgan fingerprint density at radius 1 is 0.760 bits per heavy atom. The number of anilines is 1. The maximum atomic E-state index is 13.0. The van der Waals surface area contributed by atoms with E-state index >= 15 is 0 Å². The summed E-state index contributed by atoms with van der Waals surface area (Å²) in [6.45, 7) is 0. The number of carbonyl (C=O) groups is 2.